The number of likely N-dealkylation sites (N-methyl/N-ethyl adjacent to an activating group) is 1. The van der Waals surface area contributed by atoms with E-state index in [0.29, 0.717) is 11.4 Å². The van der Waals surface area contributed by atoms with E-state index in [9.17, 15) is 14.4 Å². The zero-order valence-corrected chi connectivity index (χ0v) is 16.2. The highest BCUT2D eigenvalue weighted by Crippen LogP contribution is 2.19. The van der Waals surface area contributed by atoms with Crippen LogP contribution in [0.15, 0.2) is 58.6 Å². The molecule has 7 heteroatoms. The molecule has 2 heterocycles. The quantitative estimate of drug-likeness (QED) is 0.447. The van der Waals surface area contributed by atoms with Gasteiger partial charge in [0.2, 0.25) is 5.78 Å². The van der Waals surface area contributed by atoms with Gasteiger partial charge < -0.3 is 9.64 Å². The Morgan fingerprint density at radius 2 is 1.78 bits per heavy atom. The first kappa shape index (κ1) is 19.0. The Morgan fingerprint density at radius 1 is 1.00 bits per heavy atom. The van der Waals surface area contributed by atoms with Crippen molar-refractivity contribution in [1.82, 2.24) is 4.90 Å². The summed E-state index contributed by atoms with van der Waals surface area (Å²) in [6.07, 6.45) is 0. The van der Waals surface area contributed by atoms with Gasteiger partial charge in [0, 0.05) is 19.2 Å². The minimum atomic E-state index is -0.687. The van der Waals surface area contributed by atoms with Crippen LogP contribution in [0.1, 0.15) is 31.2 Å². The lowest BCUT2D eigenvalue weighted by atomic mass is 10.0. The second-order valence-electron chi connectivity index (χ2n) is 5.81. The van der Waals surface area contributed by atoms with Gasteiger partial charge in [-0.2, -0.15) is 11.3 Å². The van der Waals surface area contributed by atoms with Crippen molar-refractivity contribution >= 4 is 40.3 Å². The highest BCUT2D eigenvalue weighted by atomic mass is 32.1. The minimum absolute atomic E-state index is 0.157. The van der Waals surface area contributed by atoms with E-state index in [1.807, 2.05) is 16.8 Å². The van der Waals surface area contributed by atoms with Gasteiger partial charge in [-0.1, -0.05) is 24.3 Å². The molecule has 0 fully saturated rings. The van der Waals surface area contributed by atoms with Crippen LogP contribution in [-0.2, 0) is 16.1 Å². The smallest absolute Gasteiger partial charge is 0.339 e. The Bertz CT molecular complexity index is 933. The molecule has 138 valence electrons. The number of benzene rings is 1. The van der Waals surface area contributed by atoms with E-state index in [0.717, 1.165) is 5.56 Å². The van der Waals surface area contributed by atoms with Crippen molar-refractivity contribution in [1.29, 1.82) is 0 Å². The molecule has 0 aliphatic carbocycles. The molecule has 1 aromatic carbocycles. The highest BCUT2D eigenvalue weighted by molar-refractivity contribution is 7.12. The highest BCUT2D eigenvalue weighted by Gasteiger charge is 2.21. The summed E-state index contributed by atoms with van der Waals surface area (Å²) in [4.78, 5) is 39.3. The number of ketones is 1. The summed E-state index contributed by atoms with van der Waals surface area (Å²) >= 11 is 2.87. The first-order valence-corrected chi connectivity index (χ1v) is 9.98. The van der Waals surface area contributed by atoms with Crippen LogP contribution in [0.25, 0.3) is 0 Å². The first-order valence-electron chi connectivity index (χ1n) is 8.15. The Kier molecular flexibility index (Phi) is 6.16. The number of rotatable bonds is 7. The Hall–Kier alpha value is -2.77. The molecule has 0 saturated carbocycles. The molecule has 0 spiro atoms. The minimum Gasteiger partial charge on any atom is -0.452 e. The van der Waals surface area contributed by atoms with E-state index in [1.165, 1.54) is 22.3 Å². The van der Waals surface area contributed by atoms with E-state index in [4.69, 9.17) is 4.74 Å². The number of hydrogen-bond donors (Lipinski definition) is 0. The lowest BCUT2D eigenvalue weighted by Crippen LogP contribution is -2.30. The predicted molar refractivity (Wildman–Crippen MR) is 105 cm³/mol. The SMILES string of the molecule is CN(Cc1ccsc1)C(=O)COC(=O)c1ccccc1C(=O)c1cccs1. The lowest BCUT2D eigenvalue weighted by molar-refractivity contribution is -0.133. The fraction of sp³-hybridized carbons (Fsp3) is 0.150. The summed E-state index contributed by atoms with van der Waals surface area (Å²) in [5.41, 5.74) is 1.45. The molecule has 1 amide bonds. The van der Waals surface area contributed by atoms with Crippen LogP contribution in [0.5, 0.6) is 0 Å². The van der Waals surface area contributed by atoms with Crippen molar-refractivity contribution < 1.29 is 19.1 Å². The van der Waals surface area contributed by atoms with Crippen LogP contribution >= 0.6 is 22.7 Å². The standard InChI is InChI=1S/C20H17NO4S2/c1-21(11-14-8-10-26-13-14)18(22)12-25-20(24)16-6-3-2-5-15(16)19(23)17-7-4-9-27-17/h2-10,13H,11-12H2,1H3. The molecule has 0 unspecified atom stereocenters. The first-order chi connectivity index (χ1) is 13.1. The monoisotopic (exact) mass is 399 g/mol. The van der Waals surface area contributed by atoms with Gasteiger partial charge in [-0.05, 0) is 39.9 Å². The van der Waals surface area contributed by atoms with Crippen molar-refractivity contribution in [3.63, 3.8) is 0 Å². The number of thiophene rings is 2. The number of nitrogens with zero attached hydrogens (tertiary/aromatic N) is 1. The second kappa shape index (κ2) is 8.75. The van der Waals surface area contributed by atoms with E-state index >= 15 is 0 Å². The van der Waals surface area contributed by atoms with Crippen LogP contribution in [-0.4, -0.2) is 36.2 Å². The maximum absolute atomic E-state index is 12.6. The third kappa shape index (κ3) is 4.69. The molecular formula is C20H17NO4S2. The molecule has 2 aromatic heterocycles. The molecule has 27 heavy (non-hydrogen) atoms. The van der Waals surface area contributed by atoms with Gasteiger partial charge in [0.25, 0.3) is 5.91 Å². The van der Waals surface area contributed by atoms with Gasteiger partial charge in [-0.3, -0.25) is 9.59 Å². The van der Waals surface area contributed by atoms with Crippen molar-refractivity contribution in [2.45, 2.75) is 6.54 Å². The second-order valence-corrected chi connectivity index (χ2v) is 7.54. The van der Waals surface area contributed by atoms with Gasteiger partial charge in [-0.25, -0.2) is 4.79 Å². The van der Waals surface area contributed by atoms with Gasteiger partial charge in [-0.15, -0.1) is 11.3 Å². The zero-order valence-electron chi connectivity index (χ0n) is 14.6. The van der Waals surface area contributed by atoms with Gasteiger partial charge in [0.15, 0.2) is 6.61 Å². The van der Waals surface area contributed by atoms with Crippen LogP contribution in [0.4, 0.5) is 0 Å². The topological polar surface area (TPSA) is 63.7 Å². The fourth-order valence-electron chi connectivity index (χ4n) is 2.46. The number of hydrogen-bond acceptors (Lipinski definition) is 6. The number of amides is 1. The molecule has 3 aromatic rings. The van der Waals surface area contributed by atoms with Crippen LogP contribution in [0.3, 0.4) is 0 Å². The van der Waals surface area contributed by atoms with Crippen molar-refractivity contribution in [2.24, 2.45) is 0 Å². The van der Waals surface area contributed by atoms with E-state index in [-0.39, 0.29) is 29.4 Å². The van der Waals surface area contributed by atoms with Crippen molar-refractivity contribution in [2.75, 3.05) is 13.7 Å². The summed E-state index contributed by atoms with van der Waals surface area (Å²) in [7, 11) is 1.65. The van der Waals surface area contributed by atoms with E-state index in [2.05, 4.69) is 0 Å². The maximum Gasteiger partial charge on any atom is 0.339 e. The molecule has 0 aliphatic rings. The summed E-state index contributed by atoms with van der Waals surface area (Å²) in [6, 6.07) is 11.9. The lowest BCUT2D eigenvalue weighted by Gasteiger charge is -2.16. The summed E-state index contributed by atoms with van der Waals surface area (Å²) in [6.45, 7) is 0.0777. The Morgan fingerprint density at radius 3 is 2.44 bits per heavy atom. The van der Waals surface area contributed by atoms with Crippen molar-refractivity contribution in [3.05, 3.63) is 80.2 Å². The maximum atomic E-state index is 12.6. The third-order valence-corrected chi connectivity index (χ3v) is 5.49. The fourth-order valence-corrected chi connectivity index (χ4v) is 3.80. The van der Waals surface area contributed by atoms with Gasteiger partial charge in [0.05, 0.1) is 10.4 Å². The molecule has 0 aliphatic heterocycles. The third-order valence-electron chi connectivity index (χ3n) is 3.89. The Labute approximate surface area is 164 Å². The molecule has 5 nitrogen and oxygen atoms in total. The zero-order chi connectivity index (χ0) is 19.2. The predicted octanol–water partition coefficient (Wildman–Crippen LogP) is 3.86. The molecular weight excluding hydrogens is 382 g/mol. The number of carbonyl (C=O) groups is 3. The summed E-state index contributed by atoms with van der Waals surface area (Å²) in [5.74, 6) is -1.23. The molecule has 0 bridgehead atoms. The van der Waals surface area contributed by atoms with Crippen LogP contribution in [0, 0.1) is 0 Å². The number of carbonyl (C=O) groups excluding carboxylic acids is 3. The molecule has 0 radical (unpaired) electrons. The van der Waals surface area contributed by atoms with Crippen molar-refractivity contribution in [3.8, 4) is 0 Å². The average Bonchev–Trinajstić information content (AvgIpc) is 3.39. The summed E-state index contributed by atoms with van der Waals surface area (Å²) in [5, 5.41) is 5.70. The van der Waals surface area contributed by atoms with Gasteiger partial charge >= 0.3 is 5.97 Å². The largest absolute Gasteiger partial charge is 0.452 e. The van der Waals surface area contributed by atoms with Crippen LogP contribution < -0.4 is 0 Å². The molecule has 3 rings (SSSR count). The van der Waals surface area contributed by atoms with Crippen LogP contribution in [0.2, 0.25) is 0 Å². The Balaban J connectivity index is 1.64. The normalized spacial score (nSPS) is 10.4. The molecule has 0 saturated heterocycles. The number of ether oxygens (including phenoxy) is 1. The molecule has 0 atom stereocenters. The summed E-state index contributed by atoms with van der Waals surface area (Å²) < 4.78 is 5.16. The van der Waals surface area contributed by atoms with E-state index in [1.54, 1.807) is 54.1 Å². The van der Waals surface area contributed by atoms with Gasteiger partial charge in [0.1, 0.15) is 0 Å². The average molecular weight is 399 g/mol. The van der Waals surface area contributed by atoms with E-state index < -0.39 is 5.97 Å². The molecule has 0 N–H and O–H groups in total. The number of esters is 1.